The third-order valence-electron chi connectivity index (χ3n) is 3.93. The van der Waals surface area contributed by atoms with Crippen LogP contribution in [0.1, 0.15) is 19.3 Å². The van der Waals surface area contributed by atoms with Crippen molar-refractivity contribution in [3.05, 3.63) is 0 Å². The van der Waals surface area contributed by atoms with Gasteiger partial charge in [0.15, 0.2) is 0 Å². The highest BCUT2D eigenvalue weighted by atomic mass is 16.5. The number of rotatable bonds is 3. The predicted molar refractivity (Wildman–Crippen MR) is 65.7 cm³/mol. The number of piperidine rings is 1. The van der Waals surface area contributed by atoms with E-state index in [-0.39, 0.29) is 29.9 Å². The largest absolute Gasteiger partial charge is 0.380 e. The molecule has 2 aliphatic heterocycles. The summed E-state index contributed by atoms with van der Waals surface area (Å²) in [6.07, 6.45) is 2.22. The number of likely N-dealkylation sites (tertiary alicyclic amines) is 1. The summed E-state index contributed by atoms with van der Waals surface area (Å²) in [6.45, 7) is 1.98. The molecule has 0 saturated carbocycles. The molecule has 2 heterocycles. The highest BCUT2D eigenvalue weighted by molar-refractivity contribution is 5.83. The van der Waals surface area contributed by atoms with Gasteiger partial charge in [-0.3, -0.25) is 9.59 Å². The maximum atomic E-state index is 12.2. The van der Waals surface area contributed by atoms with Crippen molar-refractivity contribution in [3.8, 4) is 0 Å². The fourth-order valence-corrected chi connectivity index (χ4v) is 2.68. The van der Waals surface area contributed by atoms with E-state index in [2.05, 4.69) is 5.32 Å². The van der Waals surface area contributed by atoms with Gasteiger partial charge in [0.25, 0.3) is 0 Å². The third kappa shape index (κ3) is 2.81. The predicted octanol–water partition coefficient (Wildman–Crippen LogP) is -0.913. The van der Waals surface area contributed by atoms with Crippen molar-refractivity contribution in [3.63, 3.8) is 0 Å². The number of nitrogens with zero attached hydrogens (tertiary/aromatic N) is 1. The maximum Gasteiger partial charge on any atom is 0.239 e. The summed E-state index contributed by atoms with van der Waals surface area (Å²) in [5, 5.41) is 3.18. The van der Waals surface area contributed by atoms with Gasteiger partial charge in [-0.25, -0.2) is 0 Å². The van der Waals surface area contributed by atoms with Gasteiger partial charge in [0.1, 0.15) is 0 Å². The third-order valence-corrected chi connectivity index (χ3v) is 3.93. The van der Waals surface area contributed by atoms with Crippen LogP contribution in [0.25, 0.3) is 0 Å². The first kappa shape index (κ1) is 13.3. The van der Waals surface area contributed by atoms with E-state index in [1.165, 1.54) is 0 Å². The lowest BCUT2D eigenvalue weighted by Crippen LogP contribution is -2.48. The molecule has 2 unspecified atom stereocenters. The number of methoxy groups -OCH3 is 1. The fourth-order valence-electron chi connectivity index (χ4n) is 2.68. The molecule has 2 rings (SSSR count). The number of amides is 2. The summed E-state index contributed by atoms with van der Waals surface area (Å²) in [5.41, 5.74) is 5.28. The maximum absolute atomic E-state index is 12.2. The molecule has 2 aliphatic rings. The van der Waals surface area contributed by atoms with Crippen molar-refractivity contribution >= 4 is 11.8 Å². The van der Waals surface area contributed by atoms with Crippen LogP contribution < -0.4 is 11.1 Å². The molecule has 2 amide bonds. The molecule has 3 N–H and O–H groups in total. The number of carbonyl (C=O) groups excluding carboxylic acids is 2. The van der Waals surface area contributed by atoms with Crippen molar-refractivity contribution in [1.82, 2.24) is 10.2 Å². The summed E-state index contributed by atoms with van der Waals surface area (Å²) in [6, 6.07) is -0.139. The van der Waals surface area contributed by atoms with Crippen LogP contribution in [0.4, 0.5) is 0 Å². The zero-order chi connectivity index (χ0) is 13.1. The molecule has 102 valence electrons. The molecule has 6 nitrogen and oxygen atoms in total. The SMILES string of the molecule is COC1CNC(C(=O)N2CCC(C(N)=O)CC2)C1. The van der Waals surface area contributed by atoms with Gasteiger partial charge in [0, 0.05) is 32.7 Å². The average Bonchev–Trinajstić information content (AvgIpc) is 2.86. The Labute approximate surface area is 107 Å². The molecule has 0 aliphatic carbocycles. The van der Waals surface area contributed by atoms with Crippen LogP contribution in [-0.2, 0) is 14.3 Å². The Balaban J connectivity index is 1.83. The molecular weight excluding hydrogens is 234 g/mol. The Morgan fingerprint density at radius 3 is 2.50 bits per heavy atom. The monoisotopic (exact) mass is 255 g/mol. The van der Waals surface area contributed by atoms with Gasteiger partial charge in [-0.2, -0.15) is 0 Å². The molecule has 2 fully saturated rings. The molecule has 0 bridgehead atoms. The quantitative estimate of drug-likeness (QED) is 0.683. The van der Waals surface area contributed by atoms with Crippen LogP contribution in [0.2, 0.25) is 0 Å². The number of nitrogens with one attached hydrogen (secondary N) is 1. The Hall–Kier alpha value is -1.14. The number of primary amides is 1. The summed E-state index contributed by atoms with van der Waals surface area (Å²) in [7, 11) is 1.66. The van der Waals surface area contributed by atoms with Gasteiger partial charge in [-0.1, -0.05) is 0 Å². The summed E-state index contributed by atoms with van der Waals surface area (Å²) >= 11 is 0. The lowest BCUT2D eigenvalue weighted by molar-refractivity contribution is -0.136. The van der Waals surface area contributed by atoms with E-state index < -0.39 is 0 Å². The smallest absolute Gasteiger partial charge is 0.239 e. The number of hydrogen-bond acceptors (Lipinski definition) is 4. The van der Waals surface area contributed by atoms with E-state index in [0.29, 0.717) is 25.9 Å². The molecule has 18 heavy (non-hydrogen) atoms. The minimum Gasteiger partial charge on any atom is -0.380 e. The lowest BCUT2D eigenvalue weighted by Gasteiger charge is -2.32. The molecular formula is C12H21N3O3. The van der Waals surface area contributed by atoms with Crippen molar-refractivity contribution in [1.29, 1.82) is 0 Å². The van der Waals surface area contributed by atoms with Crippen LogP contribution in [0.15, 0.2) is 0 Å². The second-order valence-electron chi connectivity index (χ2n) is 5.06. The summed E-state index contributed by atoms with van der Waals surface area (Å²) in [4.78, 5) is 25.1. The topological polar surface area (TPSA) is 84.7 Å². The lowest BCUT2D eigenvalue weighted by atomic mass is 9.96. The van der Waals surface area contributed by atoms with E-state index in [9.17, 15) is 9.59 Å². The van der Waals surface area contributed by atoms with E-state index >= 15 is 0 Å². The second-order valence-corrected chi connectivity index (χ2v) is 5.06. The van der Waals surface area contributed by atoms with E-state index in [4.69, 9.17) is 10.5 Å². The minimum atomic E-state index is -0.250. The Bertz CT molecular complexity index is 327. The first-order chi connectivity index (χ1) is 8.61. The molecule has 0 radical (unpaired) electrons. The highest BCUT2D eigenvalue weighted by Crippen LogP contribution is 2.19. The zero-order valence-corrected chi connectivity index (χ0v) is 10.7. The molecule has 0 aromatic carbocycles. The summed E-state index contributed by atoms with van der Waals surface area (Å²) < 4.78 is 5.23. The first-order valence-corrected chi connectivity index (χ1v) is 6.46. The van der Waals surface area contributed by atoms with Crippen LogP contribution in [0.3, 0.4) is 0 Å². The Morgan fingerprint density at radius 2 is 2.00 bits per heavy atom. The Morgan fingerprint density at radius 1 is 1.33 bits per heavy atom. The summed E-state index contributed by atoms with van der Waals surface area (Å²) in [5.74, 6) is -0.199. The molecule has 0 aromatic rings. The van der Waals surface area contributed by atoms with Crippen LogP contribution in [-0.4, -0.2) is 55.6 Å². The van der Waals surface area contributed by atoms with Crippen molar-refractivity contribution in [2.24, 2.45) is 11.7 Å². The average molecular weight is 255 g/mol. The van der Waals surface area contributed by atoms with Gasteiger partial charge in [0.05, 0.1) is 12.1 Å². The van der Waals surface area contributed by atoms with Crippen molar-refractivity contribution in [2.45, 2.75) is 31.4 Å². The molecule has 0 aromatic heterocycles. The van der Waals surface area contributed by atoms with Gasteiger partial charge in [0.2, 0.25) is 11.8 Å². The van der Waals surface area contributed by atoms with Crippen LogP contribution >= 0.6 is 0 Å². The molecule has 6 heteroatoms. The first-order valence-electron chi connectivity index (χ1n) is 6.46. The molecule has 2 saturated heterocycles. The fraction of sp³-hybridized carbons (Fsp3) is 0.833. The van der Waals surface area contributed by atoms with Crippen molar-refractivity contribution < 1.29 is 14.3 Å². The standard InChI is InChI=1S/C12H21N3O3/c1-18-9-6-10(14-7-9)12(17)15-4-2-8(3-5-15)11(13)16/h8-10,14H,2-7H2,1H3,(H2,13,16). The molecule has 2 atom stereocenters. The van der Waals surface area contributed by atoms with Gasteiger partial charge in [-0.05, 0) is 19.3 Å². The van der Waals surface area contributed by atoms with E-state index in [1.807, 2.05) is 4.90 Å². The Kier molecular flexibility index (Phi) is 4.19. The number of ether oxygens (including phenoxy) is 1. The molecule has 0 spiro atoms. The normalized spacial score (nSPS) is 29.5. The van der Waals surface area contributed by atoms with Crippen molar-refractivity contribution in [2.75, 3.05) is 26.7 Å². The van der Waals surface area contributed by atoms with Gasteiger partial charge >= 0.3 is 0 Å². The van der Waals surface area contributed by atoms with E-state index in [0.717, 1.165) is 13.0 Å². The number of nitrogens with two attached hydrogens (primary N) is 1. The number of carbonyl (C=O) groups is 2. The van der Waals surface area contributed by atoms with Crippen LogP contribution in [0.5, 0.6) is 0 Å². The highest BCUT2D eigenvalue weighted by Gasteiger charge is 2.34. The zero-order valence-electron chi connectivity index (χ0n) is 10.7. The second kappa shape index (κ2) is 5.67. The number of hydrogen-bond donors (Lipinski definition) is 2. The van der Waals surface area contributed by atoms with Gasteiger partial charge in [-0.15, -0.1) is 0 Å². The van der Waals surface area contributed by atoms with Gasteiger partial charge < -0.3 is 20.7 Å². The van der Waals surface area contributed by atoms with Crippen LogP contribution in [0, 0.1) is 5.92 Å². The minimum absolute atomic E-state index is 0.0719. The van der Waals surface area contributed by atoms with E-state index in [1.54, 1.807) is 7.11 Å².